The zero-order valence-corrected chi connectivity index (χ0v) is 16.4. The van der Waals surface area contributed by atoms with Crippen LogP contribution in [0.25, 0.3) is 16.3 Å². The van der Waals surface area contributed by atoms with Gasteiger partial charge in [0.2, 0.25) is 5.88 Å². The van der Waals surface area contributed by atoms with Crippen LogP contribution in [0, 0.1) is 18.6 Å². The number of hydrogen-bond donors (Lipinski definition) is 1. The molecule has 0 bridgehead atoms. The maximum Gasteiger partial charge on any atom is 0.338 e. The molecule has 0 radical (unpaired) electrons. The van der Waals surface area contributed by atoms with Crippen LogP contribution in [-0.2, 0) is 6.61 Å². The molecule has 0 amide bonds. The summed E-state index contributed by atoms with van der Waals surface area (Å²) >= 11 is 1.39. The summed E-state index contributed by atoms with van der Waals surface area (Å²) in [6.45, 7) is 2.01. The molecule has 0 atom stereocenters. The lowest BCUT2D eigenvalue weighted by molar-refractivity contribution is 0.0692. The summed E-state index contributed by atoms with van der Waals surface area (Å²) in [6, 6.07) is 8.26. The van der Waals surface area contributed by atoms with Crippen LogP contribution in [0.5, 0.6) is 5.88 Å². The highest BCUT2D eigenvalue weighted by atomic mass is 32.1. The smallest absolute Gasteiger partial charge is 0.338 e. The van der Waals surface area contributed by atoms with Gasteiger partial charge in [-0.3, -0.25) is 0 Å². The zero-order chi connectivity index (χ0) is 21.3. The summed E-state index contributed by atoms with van der Waals surface area (Å²) < 4.78 is 33.9. The summed E-state index contributed by atoms with van der Waals surface area (Å²) in [7, 11) is 0. The molecule has 1 N–H and O–H groups in total. The highest BCUT2D eigenvalue weighted by Crippen LogP contribution is 2.30. The molecule has 3 aromatic heterocycles. The van der Waals surface area contributed by atoms with Crippen molar-refractivity contribution in [1.29, 1.82) is 0 Å². The Morgan fingerprint density at radius 3 is 2.77 bits per heavy atom. The quantitative estimate of drug-likeness (QED) is 0.494. The van der Waals surface area contributed by atoms with E-state index in [9.17, 15) is 13.6 Å². The number of thiazole rings is 1. The molecule has 4 rings (SSSR count). The van der Waals surface area contributed by atoms with Crippen LogP contribution in [-0.4, -0.2) is 30.8 Å². The molecule has 4 aromatic rings. The van der Waals surface area contributed by atoms with Gasteiger partial charge in [0, 0.05) is 18.3 Å². The fourth-order valence-electron chi connectivity index (χ4n) is 2.74. The van der Waals surface area contributed by atoms with Gasteiger partial charge in [-0.05, 0) is 31.2 Å². The van der Waals surface area contributed by atoms with Crippen molar-refractivity contribution in [3.63, 3.8) is 0 Å². The Morgan fingerprint density at radius 2 is 2.07 bits per heavy atom. The number of pyridine rings is 1. The number of rotatable bonds is 6. The van der Waals surface area contributed by atoms with Crippen molar-refractivity contribution in [3.8, 4) is 22.1 Å². The Morgan fingerprint density at radius 1 is 1.23 bits per heavy atom. The molecule has 30 heavy (non-hydrogen) atoms. The predicted molar refractivity (Wildman–Crippen MR) is 105 cm³/mol. The number of ether oxygens (including phenoxy) is 1. The zero-order valence-electron chi connectivity index (χ0n) is 15.5. The third-order valence-corrected chi connectivity index (χ3v) is 5.31. The van der Waals surface area contributed by atoms with Gasteiger partial charge in [0.25, 0.3) is 0 Å². The minimum absolute atomic E-state index is 0.173. The molecular weight excluding hydrogens is 414 g/mol. The second-order valence-corrected chi connectivity index (χ2v) is 7.32. The molecule has 0 saturated carbocycles. The van der Waals surface area contributed by atoms with E-state index in [0.717, 1.165) is 22.8 Å². The Hall–Kier alpha value is -3.66. The third kappa shape index (κ3) is 4.03. The average Bonchev–Trinajstić information content (AvgIpc) is 3.34. The molecule has 1 aromatic carbocycles. The Balaban J connectivity index is 1.53. The van der Waals surface area contributed by atoms with Gasteiger partial charge in [0.1, 0.15) is 28.9 Å². The van der Waals surface area contributed by atoms with Gasteiger partial charge in [-0.15, -0.1) is 11.3 Å². The van der Waals surface area contributed by atoms with E-state index in [1.807, 2.05) is 6.92 Å². The summed E-state index contributed by atoms with van der Waals surface area (Å²) in [5, 5.41) is 14.1. The molecule has 0 unspecified atom stereocenters. The fraction of sp³-hybridized carbons (Fsp3) is 0.100. The van der Waals surface area contributed by atoms with Gasteiger partial charge >= 0.3 is 5.97 Å². The molecule has 7 nitrogen and oxygen atoms in total. The number of carboxylic acid groups (broad SMARTS) is 1. The first-order valence-corrected chi connectivity index (χ1v) is 9.52. The van der Waals surface area contributed by atoms with Crippen LogP contribution in [0.4, 0.5) is 8.78 Å². The molecule has 0 fully saturated rings. The Kier molecular flexibility index (Phi) is 5.23. The van der Waals surface area contributed by atoms with Crippen LogP contribution in [0.3, 0.4) is 0 Å². The van der Waals surface area contributed by atoms with Crippen molar-refractivity contribution < 1.29 is 23.4 Å². The van der Waals surface area contributed by atoms with Gasteiger partial charge in [-0.25, -0.2) is 28.2 Å². The lowest BCUT2D eigenvalue weighted by Crippen LogP contribution is -2.03. The number of hydrogen-bond acceptors (Lipinski definition) is 6. The second kappa shape index (κ2) is 7.99. The molecule has 10 heteroatoms. The molecule has 3 heterocycles. The number of aromatic carboxylic acids is 1. The van der Waals surface area contributed by atoms with E-state index < -0.39 is 23.2 Å². The molecular formula is C20H14F2N4O3S. The van der Waals surface area contributed by atoms with E-state index >= 15 is 0 Å². The monoisotopic (exact) mass is 428 g/mol. The van der Waals surface area contributed by atoms with Crippen LogP contribution in [0.2, 0.25) is 0 Å². The lowest BCUT2D eigenvalue weighted by atomic mass is 10.2. The van der Waals surface area contributed by atoms with Gasteiger partial charge in [0.15, 0.2) is 0 Å². The summed E-state index contributed by atoms with van der Waals surface area (Å²) in [5.41, 5.74) is 1.39. The molecule has 152 valence electrons. The maximum absolute atomic E-state index is 14.0. The normalized spacial score (nSPS) is 10.9. The van der Waals surface area contributed by atoms with Crippen LogP contribution < -0.4 is 4.74 Å². The second-order valence-electron chi connectivity index (χ2n) is 6.24. The van der Waals surface area contributed by atoms with E-state index in [4.69, 9.17) is 9.84 Å². The van der Waals surface area contributed by atoms with Gasteiger partial charge in [-0.2, -0.15) is 5.10 Å². The van der Waals surface area contributed by atoms with E-state index in [-0.39, 0.29) is 6.61 Å². The number of aromatic nitrogens is 4. The number of carboxylic acids is 1. The molecule has 0 aliphatic carbocycles. The van der Waals surface area contributed by atoms with E-state index in [1.165, 1.54) is 40.3 Å². The minimum atomic E-state index is -1.33. The van der Waals surface area contributed by atoms with E-state index in [2.05, 4.69) is 15.1 Å². The van der Waals surface area contributed by atoms with Crippen molar-refractivity contribution in [2.75, 3.05) is 0 Å². The van der Waals surface area contributed by atoms with Crippen molar-refractivity contribution in [3.05, 3.63) is 76.7 Å². The number of nitrogens with zero attached hydrogens (tertiary/aromatic N) is 4. The number of halogens is 2. The topological polar surface area (TPSA) is 90.1 Å². The van der Waals surface area contributed by atoms with Gasteiger partial charge in [-0.1, -0.05) is 0 Å². The average molecular weight is 428 g/mol. The Labute approximate surface area is 173 Å². The lowest BCUT2D eigenvalue weighted by Gasteiger charge is -2.03. The van der Waals surface area contributed by atoms with Crippen molar-refractivity contribution in [2.45, 2.75) is 13.5 Å². The highest BCUT2D eigenvalue weighted by molar-refractivity contribution is 7.15. The maximum atomic E-state index is 14.0. The van der Waals surface area contributed by atoms with Crippen LogP contribution in [0.15, 0.2) is 48.8 Å². The van der Waals surface area contributed by atoms with Gasteiger partial charge in [0.05, 0.1) is 28.0 Å². The number of benzene rings is 1. The van der Waals surface area contributed by atoms with Gasteiger partial charge < -0.3 is 9.84 Å². The van der Waals surface area contributed by atoms with Crippen LogP contribution in [0.1, 0.15) is 21.1 Å². The summed E-state index contributed by atoms with van der Waals surface area (Å²) in [4.78, 5) is 20.1. The summed E-state index contributed by atoms with van der Waals surface area (Å²) in [5.74, 6) is -2.31. The molecule has 0 aliphatic rings. The Bertz CT molecular complexity index is 1220. The minimum Gasteiger partial charge on any atom is -0.478 e. The largest absolute Gasteiger partial charge is 0.478 e. The number of carbonyl (C=O) groups is 1. The fourth-order valence-corrected chi connectivity index (χ4v) is 3.69. The van der Waals surface area contributed by atoms with Crippen molar-refractivity contribution in [1.82, 2.24) is 19.7 Å². The molecule has 0 aliphatic heterocycles. The SMILES string of the molecule is Cc1nc(COc2ccc(F)cn2)sc1-c1ccn(-c2ccc(C(=O)O)c(F)c2)n1. The van der Waals surface area contributed by atoms with E-state index in [1.54, 1.807) is 12.3 Å². The first kappa shape index (κ1) is 19.6. The number of aryl methyl sites for hydroxylation is 1. The molecule has 0 saturated heterocycles. The third-order valence-electron chi connectivity index (χ3n) is 4.15. The highest BCUT2D eigenvalue weighted by Gasteiger charge is 2.15. The molecule has 0 spiro atoms. The van der Waals surface area contributed by atoms with Crippen molar-refractivity contribution in [2.24, 2.45) is 0 Å². The van der Waals surface area contributed by atoms with Crippen LogP contribution >= 0.6 is 11.3 Å². The predicted octanol–water partition coefficient (Wildman–Crippen LogP) is 4.25. The summed E-state index contributed by atoms with van der Waals surface area (Å²) in [6.07, 6.45) is 2.73. The van der Waals surface area contributed by atoms with E-state index in [0.29, 0.717) is 22.3 Å². The first-order chi connectivity index (χ1) is 14.4. The van der Waals surface area contributed by atoms with Crippen molar-refractivity contribution >= 4 is 17.3 Å². The first-order valence-electron chi connectivity index (χ1n) is 8.70. The standard InChI is InChI=1S/C20H14F2N4O3S/c1-11-19(30-18(24-11)10-29-17-5-2-12(21)9-23-17)16-6-7-26(25-16)13-3-4-14(20(27)28)15(22)8-13/h2-9H,10H2,1H3,(H,27,28).